The lowest BCUT2D eigenvalue weighted by Crippen LogP contribution is -1.95. The summed E-state index contributed by atoms with van der Waals surface area (Å²) in [5.41, 5.74) is 1.09. The predicted molar refractivity (Wildman–Crippen MR) is 72.5 cm³/mol. The van der Waals surface area contributed by atoms with Crippen LogP contribution in [0.3, 0.4) is 0 Å². The van der Waals surface area contributed by atoms with Crippen LogP contribution in [-0.2, 0) is 7.05 Å². The highest BCUT2D eigenvalue weighted by Gasteiger charge is 2.10. The molecule has 0 N–H and O–H groups in total. The second-order valence-corrected chi connectivity index (χ2v) is 5.06. The van der Waals surface area contributed by atoms with E-state index in [0.717, 1.165) is 28.7 Å². The molecular weight excluding hydrogens is 254 g/mol. The fourth-order valence-corrected chi connectivity index (χ4v) is 2.64. The molecule has 0 fully saturated rings. The Morgan fingerprint density at radius 2 is 2.00 bits per heavy atom. The Labute approximate surface area is 110 Å². The molecular formula is C12H14ClN3S. The van der Waals surface area contributed by atoms with Crippen molar-refractivity contribution in [3.63, 3.8) is 0 Å². The van der Waals surface area contributed by atoms with E-state index in [1.165, 1.54) is 0 Å². The summed E-state index contributed by atoms with van der Waals surface area (Å²) < 4.78 is 2.02. The minimum Gasteiger partial charge on any atom is -0.305 e. The van der Waals surface area contributed by atoms with Gasteiger partial charge in [-0.1, -0.05) is 42.1 Å². The summed E-state index contributed by atoms with van der Waals surface area (Å²) in [5.74, 6) is 2.57. The number of thioether (sulfide) groups is 1. The molecule has 0 saturated carbocycles. The Hall–Kier alpha value is -1.00. The zero-order valence-electron chi connectivity index (χ0n) is 9.64. The number of nitrogens with zero attached hydrogens (tertiary/aromatic N) is 3. The van der Waals surface area contributed by atoms with E-state index >= 15 is 0 Å². The van der Waals surface area contributed by atoms with Gasteiger partial charge in [-0.05, 0) is 6.42 Å². The maximum Gasteiger partial charge on any atom is 0.191 e. The molecule has 1 aromatic heterocycles. The van der Waals surface area contributed by atoms with Crippen LogP contribution in [0, 0.1) is 0 Å². The van der Waals surface area contributed by atoms with Crippen molar-refractivity contribution in [2.75, 3.05) is 11.6 Å². The average Bonchev–Trinajstić information content (AvgIpc) is 2.73. The summed E-state index contributed by atoms with van der Waals surface area (Å²) >= 11 is 7.34. The fourth-order valence-electron chi connectivity index (χ4n) is 1.50. The lowest BCUT2D eigenvalue weighted by Gasteiger charge is -2.02. The summed E-state index contributed by atoms with van der Waals surface area (Å²) in [5, 5.41) is 9.36. The number of hydrogen-bond donors (Lipinski definition) is 0. The third-order valence-electron chi connectivity index (χ3n) is 2.38. The summed E-state index contributed by atoms with van der Waals surface area (Å²) in [7, 11) is 1.99. The fraction of sp³-hybridized carbons (Fsp3) is 0.333. The highest BCUT2D eigenvalue weighted by Crippen LogP contribution is 2.22. The normalized spacial score (nSPS) is 10.7. The second-order valence-electron chi connectivity index (χ2n) is 3.62. The molecule has 0 bridgehead atoms. The van der Waals surface area contributed by atoms with Crippen molar-refractivity contribution in [2.45, 2.75) is 11.6 Å². The Morgan fingerprint density at radius 3 is 2.71 bits per heavy atom. The molecule has 0 aliphatic carbocycles. The van der Waals surface area contributed by atoms with Gasteiger partial charge in [-0.2, -0.15) is 0 Å². The molecule has 0 radical (unpaired) electrons. The van der Waals surface area contributed by atoms with Crippen LogP contribution in [0.5, 0.6) is 0 Å². The summed E-state index contributed by atoms with van der Waals surface area (Å²) in [6.07, 6.45) is 0.986. The van der Waals surface area contributed by atoms with E-state index in [2.05, 4.69) is 10.2 Å². The van der Waals surface area contributed by atoms with E-state index in [4.69, 9.17) is 11.6 Å². The topological polar surface area (TPSA) is 30.7 Å². The highest BCUT2D eigenvalue weighted by atomic mass is 35.5. The largest absolute Gasteiger partial charge is 0.305 e. The Morgan fingerprint density at radius 1 is 1.24 bits per heavy atom. The van der Waals surface area contributed by atoms with Gasteiger partial charge in [0.1, 0.15) is 0 Å². The van der Waals surface area contributed by atoms with Crippen molar-refractivity contribution in [3.8, 4) is 11.4 Å². The molecule has 2 aromatic rings. The van der Waals surface area contributed by atoms with Gasteiger partial charge >= 0.3 is 0 Å². The third kappa shape index (κ3) is 3.01. The van der Waals surface area contributed by atoms with Gasteiger partial charge in [-0.15, -0.1) is 21.8 Å². The van der Waals surface area contributed by atoms with Crippen LogP contribution in [0.4, 0.5) is 0 Å². The van der Waals surface area contributed by atoms with Crippen molar-refractivity contribution >= 4 is 23.4 Å². The lowest BCUT2D eigenvalue weighted by atomic mass is 10.2. The third-order valence-corrected chi connectivity index (χ3v) is 3.75. The van der Waals surface area contributed by atoms with Gasteiger partial charge < -0.3 is 4.57 Å². The number of hydrogen-bond acceptors (Lipinski definition) is 3. The van der Waals surface area contributed by atoms with E-state index in [9.17, 15) is 0 Å². The maximum absolute atomic E-state index is 5.65. The minimum atomic E-state index is 0.691. The van der Waals surface area contributed by atoms with Gasteiger partial charge in [0.15, 0.2) is 11.0 Å². The monoisotopic (exact) mass is 267 g/mol. The molecule has 0 saturated heterocycles. The van der Waals surface area contributed by atoms with Crippen molar-refractivity contribution < 1.29 is 0 Å². The number of halogens is 1. The first-order chi connectivity index (χ1) is 8.33. The molecule has 0 aliphatic rings. The second kappa shape index (κ2) is 6.07. The van der Waals surface area contributed by atoms with Crippen LogP contribution >= 0.6 is 23.4 Å². The molecule has 5 heteroatoms. The zero-order chi connectivity index (χ0) is 12.1. The molecule has 0 atom stereocenters. The molecule has 17 heavy (non-hydrogen) atoms. The smallest absolute Gasteiger partial charge is 0.191 e. The molecule has 1 aromatic carbocycles. The van der Waals surface area contributed by atoms with Crippen LogP contribution < -0.4 is 0 Å². The molecule has 90 valence electrons. The molecule has 2 rings (SSSR count). The van der Waals surface area contributed by atoms with Gasteiger partial charge in [0.25, 0.3) is 0 Å². The van der Waals surface area contributed by atoms with Crippen LogP contribution in [0.15, 0.2) is 35.5 Å². The van der Waals surface area contributed by atoms with Gasteiger partial charge in [-0.3, -0.25) is 0 Å². The molecule has 0 amide bonds. The Balaban J connectivity index is 2.15. The Bertz CT molecular complexity index is 470. The van der Waals surface area contributed by atoms with Crippen molar-refractivity contribution in [1.29, 1.82) is 0 Å². The maximum atomic E-state index is 5.65. The van der Waals surface area contributed by atoms with E-state index in [1.807, 2.05) is 41.9 Å². The summed E-state index contributed by atoms with van der Waals surface area (Å²) in [4.78, 5) is 0. The predicted octanol–water partition coefficient (Wildman–Crippen LogP) is 3.20. The first-order valence-electron chi connectivity index (χ1n) is 5.46. The van der Waals surface area contributed by atoms with Gasteiger partial charge in [0, 0.05) is 24.2 Å². The quantitative estimate of drug-likeness (QED) is 0.474. The highest BCUT2D eigenvalue weighted by molar-refractivity contribution is 7.99. The van der Waals surface area contributed by atoms with Crippen molar-refractivity contribution in [1.82, 2.24) is 14.8 Å². The van der Waals surface area contributed by atoms with Crippen molar-refractivity contribution in [2.24, 2.45) is 7.05 Å². The Kier molecular flexibility index (Phi) is 4.45. The van der Waals surface area contributed by atoms with E-state index in [-0.39, 0.29) is 0 Å². The van der Waals surface area contributed by atoms with E-state index in [0.29, 0.717) is 5.88 Å². The molecule has 1 heterocycles. The van der Waals surface area contributed by atoms with Gasteiger partial charge in [0.2, 0.25) is 0 Å². The molecule has 0 unspecified atom stereocenters. The van der Waals surface area contributed by atoms with E-state index < -0.39 is 0 Å². The first-order valence-corrected chi connectivity index (χ1v) is 6.98. The van der Waals surface area contributed by atoms with Crippen molar-refractivity contribution in [3.05, 3.63) is 30.3 Å². The standard InChI is InChI=1S/C12H14ClN3S/c1-16-11(10-6-3-2-4-7-10)14-15-12(16)17-9-5-8-13/h2-4,6-7H,5,8-9H2,1H3. The van der Waals surface area contributed by atoms with Gasteiger partial charge in [-0.25, -0.2) is 0 Å². The van der Waals surface area contributed by atoms with Gasteiger partial charge in [0.05, 0.1) is 0 Å². The zero-order valence-corrected chi connectivity index (χ0v) is 11.2. The first kappa shape index (κ1) is 12.5. The number of rotatable bonds is 5. The lowest BCUT2D eigenvalue weighted by molar-refractivity contribution is 0.793. The summed E-state index contributed by atoms with van der Waals surface area (Å²) in [6.45, 7) is 0. The minimum absolute atomic E-state index is 0.691. The molecule has 0 spiro atoms. The number of alkyl halides is 1. The SMILES string of the molecule is Cn1c(SCCCCl)nnc1-c1ccccc1. The summed E-state index contributed by atoms with van der Waals surface area (Å²) in [6, 6.07) is 10.1. The van der Waals surface area contributed by atoms with Crippen LogP contribution in [0.2, 0.25) is 0 Å². The molecule has 3 nitrogen and oxygen atoms in total. The van der Waals surface area contributed by atoms with Crippen LogP contribution in [-0.4, -0.2) is 26.4 Å². The van der Waals surface area contributed by atoms with Crippen LogP contribution in [0.25, 0.3) is 11.4 Å². The molecule has 0 aliphatic heterocycles. The average molecular weight is 268 g/mol. The number of benzene rings is 1. The number of aromatic nitrogens is 3. The van der Waals surface area contributed by atoms with E-state index in [1.54, 1.807) is 11.8 Å². The van der Waals surface area contributed by atoms with Crippen LogP contribution in [0.1, 0.15) is 6.42 Å².